The summed E-state index contributed by atoms with van der Waals surface area (Å²) in [5, 5.41) is 5.46. The Hall–Kier alpha value is -1.19. The molecule has 1 heterocycles. The Bertz CT molecular complexity index is 519. The maximum Gasteiger partial charge on any atom is 0.123 e. The zero-order chi connectivity index (χ0) is 13.0. The van der Waals surface area contributed by atoms with Gasteiger partial charge in [-0.1, -0.05) is 13.0 Å². The molecule has 2 rings (SSSR count). The molecule has 1 aromatic heterocycles. The molecule has 0 aliphatic rings. The van der Waals surface area contributed by atoms with E-state index >= 15 is 0 Å². The summed E-state index contributed by atoms with van der Waals surface area (Å²) in [6.07, 6.45) is 1.09. The summed E-state index contributed by atoms with van der Waals surface area (Å²) < 4.78 is 13.4. The van der Waals surface area contributed by atoms with E-state index in [9.17, 15) is 4.39 Å². The predicted octanol–water partition coefficient (Wildman–Crippen LogP) is 4.36. The van der Waals surface area contributed by atoms with Gasteiger partial charge in [-0.3, -0.25) is 0 Å². The van der Waals surface area contributed by atoms with Crippen molar-refractivity contribution < 1.29 is 4.39 Å². The van der Waals surface area contributed by atoms with E-state index in [1.165, 1.54) is 16.5 Å². The normalized spacial score (nSPS) is 10.8. The first kappa shape index (κ1) is 13.2. The number of halogens is 1. The van der Waals surface area contributed by atoms with Crippen LogP contribution in [0.2, 0.25) is 0 Å². The molecule has 1 nitrogen and oxygen atoms in total. The Balaban J connectivity index is 2.28. The molecule has 0 bridgehead atoms. The molecular formula is C15H18FNS. The van der Waals surface area contributed by atoms with Crippen molar-refractivity contribution >= 4 is 11.3 Å². The van der Waals surface area contributed by atoms with E-state index in [0.717, 1.165) is 30.6 Å². The van der Waals surface area contributed by atoms with Crippen LogP contribution in [0.3, 0.4) is 0 Å². The van der Waals surface area contributed by atoms with Crippen molar-refractivity contribution in [2.75, 3.05) is 6.54 Å². The third-order valence-electron chi connectivity index (χ3n) is 2.85. The lowest BCUT2D eigenvalue weighted by molar-refractivity contribution is 0.619. The van der Waals surface area contributed by atoms with E-state index in [2.05, 4.69) is 30.6 Å². The van der Waals surface area contributed by atoms with Crippen molar-refractivity contribution in [2.24, 2.45) is 0 Å². The average molecular weight is 263 g/mol. The van der Waals surface area contributed by atoms with Crippen LogP contribution in [0.15, 0.2) is 29.6 Å². The number of nitrogens with one attached hydrogen (secondary N) is 1. The van der Waals surface area contributed by atoms with Crippen molar-refractivity contribution in [3.8, 4) is 11.1 Å². The molecule has 18 heavy (non-hydrogen) atoms. The standard InChI is InChI=1S/C15H18FNS/c1-3-6-17-9-12-8-14(16)4-5-15(12)13-7-11(2)18-10-13/h4-5,7-8,10,17H,3,6,9H2,1-2H3. The summed E-state index contributed by atoms with van der Waals surface area (Å²) >= 11 is 1.73. The van der Waals surface area contributed by atoms with Crippen LogP contribution in [0.4, 0.5) is 4.39 Å². The Kier molecular flexibility index (Phi) is 4.50. The van der Waals surface area contributed by atoms with Gasteiger partial charge < -0.3 is 5.32 Å². The Morgan fingerprint density at radius 2 is 2.11 bits per heavy atom. The second-order valence-electron chi connectivity index (χ2n) is 4.42. The second kappa shape index (κ2) is 6.12. The molecule has 3 heteroatoms. The lowest BCUT2D eigenvalue weighted by Crippen LogP contribution is -2.14. The molecular weight excluding hydrogens is 245 g/mol. The van der Waals surface area contributed by atoms with Crippen molar-refractivity contribution in [1.29, 1.82) is 0 Å². The summed E-state index contributed by atoms with van der Waals surface area (Å²) in [5.74, 6) is -0.168. The highest BCUT2D eigenvalue weighted by Crippen LogP contribution is 2.28. The third kappa shape index (κ3) is 3.18. The highest BCUT2D eigenvalue weighted by atomic mass is 32.1. The zero-order valence-corrected chi connectivity index (χ0v) is 11.6. The quantitative estimate of drug-likeness (QED) is 0.790. The lowest BCUT2D eigenvalue weighted by Gasteiger charge is -2.09. The number of thiophene rings is 1. The predicted molar refractivity (Wildman–Crippen MR) is 76.4 cm³/mol. The van der Waals surface area contributed by atoms with E-state index in [4.69, 9.17) is 0 Å². The maximum absolute atomic E-state index is 13.4. The van der Waals surface area contributed by atoms with Gasteiger partial charge in [-0.15, -0.1) is 11.3 Å². The van der Waals surface area contributed by atoms with Gasteiger partial charge in [0, 0.05) is 11.4 Å². The minimum atomic E-state index is -0.168. The van der Waals surface area contributed by atoms with Crippen molar-refractivity contribution in [3.63, 3.8) is 0 Å². The average Bonchev–Trinajstić information content (AvgIpc) is 2.76. The van der Waals surface area contributed by atoms with Gasteiger partial charge in [-0.25, -0.2) is 4.39 Å². The van der Waals surface area contributed by atoms with Gasteiger partial charge >= 0.3 is 0 Å². The number of aryl methyl sites for hydroxylation is 1. The minimum absolute atomic E-state index is 0.168. The summed E-state index contributed by atoms with van der Waals surface area (Å²) in [6, 6.07) is 7.19. The number of benzene rings is 1. The lowest BCUT2D eigenvalue weighted by atomic mass is 10.0. The van der Waals surface area contributed by atoms with Gasteiger partial charge in [-0.2, -0.15) is 0 Å². The molecule has 0 fully saturated rings. The topological polar surface area (TPSA) is 12.0 Å². The van der Waals surface area contributed by atoms with Crippen LogP contribution >= 0.6 is 11.3 Å². The van der Waals surface area contributed by atoms with Crippen molar-refractivity contribution in [3.05, 3.63) is 45.9 Å². The third-order valence-corrected chi connectivity index (χ3v) is 3.71. The van der Waals surface area contributed by atoms with Gasteiger partial charge in [0.05, 0.1) is 0 Å². The molecule has 0 saturated carbocycles. The number of rotatable bonds is 5. The maximum atomic E-state index is 13.4. The Morgan fingerprint density at radius 1 is 1.28 bits per heavy atom. The van der Waals surface area contributed by atoms with E-state index in [1.807, 2.05) is 6.07 Å². The highest BCUT2D eigenvalue weighted by molar-refractivity contribution is 7.10. The van der Waals surface area contributed by atoms with Gasteiger partial charge in [0.2, 0.25) is 0 Å². The molecule has 1 aromatic carbocycles. The van der Waals surface area contributed by atoms with Crippen LogP contribution in [0, 0.1) is 12.7 Å². The monoisotopic (exact) mass is 263 g/mol. The van der Waals surface area contributed by atoms with Gasteiger partial charge in [0.1, 0.15) is 5.82 Å². The van der Waals surface area contributed by atoms with Crippen molar-refractivity contribution in [2.45, 2.75) is 26.8 Å². The van der Waals surface area contributed by atoms with Crippen LogP contribution in [0.25, 0.3) is 11.1 Å². The van der Waals surface area contributed by atoms with Gasteiger partial charge in [0.25, 0.3) is 0 Å². The fraction of sp³-hybridized carbons (Fsp3) is 0.333. The SMILES string of the molecule is CCCNCc1cc(F)ccc1-c1csc(C)c1. The number of hydrogen-bond acceptors (Lipinski definition) is 2. The first-order valence-corrected chi connectivity index (χ1v) is 7.13. The summed E-state index contributed by atoms with van der Waals surface area (Å²) in [5.41, 5.74) is 3.34. The first-order chi connectivity index (χ1) is 8.70. The molecule has 0 spiro atoms. The smallest absolute Gasteiger partial charge is 0.123 e. The molecule has 0 amide bonds. The van der Waals surface area contributed by atoms with Gasteiger partial charge in [0.15, 0.2) is 0 Å². The molecule has 2 aromatic rings. The zero-order valence-electron chi connectivity index (χ0n) is 10.8. The van der Waals surface area contributed by atoms with E-state index in [1.54, 1.807) is 17.4 Å². The van der Waals surface area contributed by atoms with Crippen LogP contribution in [0.1, 0.15) is 23.8 Å². The van der Waals surface area contributed by atoms with Crippen LogP contribution < -0.4 is 5.32 Å². The first-order valence-electron chi connectivity index (χ1n) is 6.25. The fourth-order valence-electron chi connectivity index (χ4n) is 1.97. The number of hydrogen-bond donors (Lipinski definition) is 1. The molecule has 0 saturated heterocycles. The van der Waals surface area contributed by atoms with E-state index in [0.29, 0.717) is 0 Å². The highest BCUT2D eigenvalue weighted by Gasteiger charge is 2.07. The Labute approximate surface area is 112 Å². The second-order valence-corrected chi connectivity index (χ2v) is 5.54. The molecule has 0 atom stereocenters. The molecule has 1 N–H and O–H groups in total. The molecule has 96 valence electrons. The summed E-state index contributed by atoms with van der Waals surface area (Å²) in [6.45, 7) is 5.89. The van der Waals surface area contributed by atoms with Gasteiger partial charge in [-0.05, 0) is 60.2 Å². The van der Waals surface area contributed by atoms with E-state index < -0.39 is 0 Å². The summed E-state index contributed by atoms with van der Waals surface area (Å²) in [4.78, 5) is 1.28. The molecule has 0 unspecified atom stereocenters. The van der Waals surface area contributed by atoms with E-state index in [-0.39, 0.29) is 5.82 Å². The Morgan fingerprint density at radius 3 is 2.78 bits per heavy atom. The molecule has 0 aliphatic carbocycles. The van der Waals surface area contributed by atoms with Crippen LogP contribution in [-0.2, 0) is 6.54 Å². The summed E-state index contributed by atoms with van der Waals surface area (Å²) in [7, 11) is 0. The minimum Gasteiger partial charge on any atom is -0.313 e. The van der Waals surface area contributed by atoms with Crippen LogP contribution in [0.5, 0.6) is 0 Å². The molecule has 0 aliphatic heterocycles. The molecule has 0 radical (unpaired) electrons. The van der Waals surface area contributed by atoms with Crippen LogP contribution in [-0.4, -0.2) is 6.54 Å². The fourth-order valence-corrected chi connectivity index (χ4v) is 2.68. The van der Waals surface area contributed by atoms with Crippen molar-refractivity contribution in [1.82, 2.24) is 5.32 Å². The largest absolute Gasteiger partial charge is 0.313 e.